The Bertz CT molecular complexity index is 76.6. The molecule has 0 bridgehead atoms. The summed E-state index contributed by atoms with van der Waals surface area (Å²) in [6, 6.07) is 0.368. The highest BCUT2D eigenvalue weighted by Gasteiger charge is 1.91. The van der Waals surface area contributed by atoms with Crippen LogP contribution in [0.25, 0.3) is 0 Å². The first kappa shape index (κ1) is 8.70. The summed E-state index contributed by atoms with van der Waals surface area (Å²) in [6.45, 7) is 4.25. The van der Waals surface area contributed by atoms with Crippen LogP contribution in [-0.4, -0.2) is 6.04 Å². The van der Waals surface area contributed by atoms with Gasteiger partial charge in [0.1, 0.15) is 0 Å². The molecule has 0 saturated heterocycles. The van der Waals surface area contributed by atoms with E-state index in [1.165, 1.54) is 0 Å². The van der Waals surface area contributed by atoms with Crippen LogP contribution >= 0.6 is 0 Å². The number of allylic oxidation sites excluding steroid dienone is 1. The van der Waals surface area contributed by atoms with Crippen molar-refractivity contribution in [3.05, 3.63) is 12.2 Å². The van der Waals surface area contributed by atoms with Crippen LogP contribution in [0.15, 0.2) is 12.2 Å². The zero-order valence-corrected chi connectivity index (χ0v) is 6.43. The van der Waals surface area contributed by atoms with E-state index >= 15 is 0 Å². The molecule has 0 fully saturated rings. The maximum atomic E-state index is 5.66. The average molecular weight is 127 g/mol. The highest BCUT2D eigenvalue weighted by atomic mass is 14.6. The fourth-order valence-corrected chi connectivity index (χ4v) is 0.604. The van der Waals surface area contributed by atoms with Gasteiger partial charge in [-0.2, -0.15) is 0 Å². The molecule has 0 saturated carbocycles. The van der Waals surface area contributed by atoms with Crippen LogP contribution in [0.4, 0.5) is 0 Å². The maximum absolute atomic E-state index is 5.66. The van der Waals surface area contributed by atoms with E-state index in [-0.39, 0.29) is 0 Å². The Hall–Kier alpha value is -0.300. The Labute approximate surface area is 57.9 Å². The molecule has 0 aromatic rings. The Morgan fingerprint density at radius 1 is 1.33 bits per heavy atom. The smallest absolute Gasteiger partial charge is 0.00707 e. The molecule has 0 rings (SSSR count). The van der Waals surface area contributed by atoms with Crippen molar-refractivity contribution in [1.82, 2.24) is 0 Å². The molecule has 0 spiro atoms. The first-order chi connectivity index (χ1) is 4.31. The third-order valence-electron chi connectivity index (χ3n) is 1.37. The van der Waals surface area contributed by atoms with Crippen LogP contribution in [0, 0.1) is 0 Å². The van der Waals surface area contributed by atoms with Crippen LogP contribution in [0.3, 0.4) is 0 Å². The zero-order valence-electron chi connectivity index (χ0n) is 6.43. The van der Waals surface area contributed by atoms with Crippen molar-refractivity contribution in [2.24, 2.45) is 5.73 Å². The first-order valence-corrected chi connectivity index (χ1v) is 3.71. The summed E-state index contributed by atoms with van der Waals surface area (Å²) in [6.07, 6.45) is 7.55. The van der Waals surface area contributed by atoms with E-state index in [0.29, 0.717) is 6.04 Å². The second kappa shape index (κ2) is 5.83. The summed E-state index contributed by atoms with van der Waals surface area (Å²) >= 11 is 0. The van der Waals surface area contributed by atoms with Crippen molar-refractivity contribution in [2.45, 2.75) is 39.2 Å². The van der Waals surface area contributed by atoms with Crippen molar-refractivity contribution in [1.29, 1.82) is 0 Å². The van der Waals surface area contributed by atoms with Crippen LogP contribution in [0.2, 0.25) is 0 Å². The summed E-state index contributed by atoms with van der Waals surface area (Å²) in [4.78, 5) is 0. The maximum Gasteiger partial charge on any atom is 0.00707 e. The minimum atomic E-state index is 0.368. The van der Waals surface area contributed by atoms with Gasteiger partial charge in [-0.3, -0.25) is 0 Å². The molecule has 9 heavy (non-hydrogen) atoms. The van der Waals surface area contributed by atoms with Gasteiger partial charge in [0.05, 0.1) is 0 Å². The summed E-state index contributed by atoms with van der Waals surface area (Å²) < 4.78 is 0. The van der Waals surface area contributed by atoms with Gasteiger partial charge in [-0.25, -0.2) is 0 Å². The molecule has 0 aliphatic rings. The predicted octanol–water partition coefficient (Wildman–Crippen LogP) is 2.08. The summed E-state index contributed by atoms with van der Waals surface area (Å²) in [5.41, 5.74) is 5.66. The molecule has 2 N–H and O–H groups in total. The standard InChI is InChI=1S/C8H17N/c1-3-5-6-7-8(9)4-2/h5-6,8H,3-4,7,9H2,1-2H3/b6-5+. The lowest BCUT2D eigenvalue weighted by atomic mass is 10.1. The lowest BCUT2D eigenvalue weighted by Crippen LogP contribution is -2.16. The van der Waals surface area contributed by atoms with Gasteiger partial charge in [-0.05, 0) is 19.3 Å². The molecular formula is C8H17N. The molecule has 1 nitrogen and oxygen atoms in total. The topological polar surface area (TPSA) is 26.0 Å². The first-order valence-electron chi connectivity index (χ1n) is 3.71. The molecule has 1 unspecified atom stereocenters. The lowest BCUT2D eigenvalue weighted by molar-refractivity contribution is 0.658. The molecule has 0 aliphatic carbocycles. The van der Waals surface area contributed by atoms with E-state index in [2.05, 4.69) is 26.0 Å². The van der Waals surface area contributed by atoms with Gasteiger partial charge in [0.2, 0.25) is 0 Å². The molecule has 0 heterocycles. The second-order valence-corrected chi connectivity index (χ2v) is 2.28. The molecule has 0 amide bonds. The van der Waals surface area contributed by atoms with Gasteiger partial charge in [-0.1, -0.05) is 26.0 Å². The number of nitrogens with two attached hydrogens (primary N) is 1. The Balaban J connectivity index is 3.15. The van der Waals surface area contributed by atoms with Crippen molar-refractivity contribution < 1.29 is 0 Å². The molecule has 0 radical (unpaired) electrons. The van der Waals surface area contributed by atoms with Gasteiger partial charge in [0.15, 0.2) is 0 Å². The Morgan fingerprint density at radius 2 is 2.00 bits per heavy atom. The molecule has 0 aromatic heterocycles. The van der Waals surface area contributed by atoms with Gasteiger partial charge in [0.25, 0.3) is 0 Å². The fourth-order valence-electron chi connectivity index (χ4n) is 0.604. The van der Waals surface area contributed by atoms with Crippen LogP contribution < -0.4 is 5.73 Å². The molecule has 54 valence electrons. The molecule has 1 heteroatoms. The minimum Gasteiger partial charge on any atom is -0.327 e. The second-order valence-electron chi connectivity index (χ2n) is 2.28. The minimum absolute atomic E-state index is 0.368. The highest BCUT2D eigenvalue weighted by Crippen LogP contribution is 1.94. The molecular weight excluding hydrogens is 110 g/mol. The largest absolute Gasteiger partial charge is 0.327 e. The van der Waals surface area contributed by atoms with Gasteiger partial charge >= 0.3 is 0 Å². The van der Waals surface area contributed by atoms with Crippen LogP contribution in [0.5, 0.6) is 0 Å². The monoisotopic (exact) mass is 127 g/mol. The highest BCUT2D eigenvalue weighted by molar-refractivity contribution is 4.83. The number of hydrogen-bond donors (Lipinski definition) is 1. The molecule has 0 aromatic carbocycles. The third kappa shape index (κ3) is 5.57. The van der Waals surface area contributed by atoms with E-state index < -0.39 is 0 Å². The Morgan fingerprint density at radius 3 is 2.44 bits per heavy atom. The molecule has 0 aliphatic heterocycles. The number of rotatable bonds is 4. The zero-order chi connectivity index (χ0) is 7.11. The summed E-state index contributed by atoms with van der Waals surface area (Å²) in [5.74, 6) is 0. The average Bonchev–Trinajstić information content (AvgIpc) is 1.89. The van der Waals surface area contributed by atoms with E-state index in [1.807, 2.05) is 0 Å². The van der Waals surface area contributed by atoms with Crippen molar-refractivity contribution in [3.8, 4) is 0 Å². The Kier molecular flexibility index (Phi) is 5.64. The van der Waals surface area contributed by atoms with E-state index in [4.69, 9.17) is 5.73 Å². The van der Waals surface area contributed by atoms with Gasteiger partial charge < -0.3 is 5.73 Å². The fraction of sp³-hybridized carbons (Fsp3) is 0.750. The van der Waals surface area contributed by atoms with E-state index in [0.717, 1.165) is 19.3 Å². The van der Waals surface area contributed by atoms with Crippen LogP contribution in [-0.2, 0) is 0 Å². The van der Waals surface area contributed by atoms with Crippen molar-refractivity contribution in [3.63, 3.8) is 0 Å². The normalized spacial score (nSPS) is 14.6. The predicted molar refractivity (Wildman–Crippen MR) is 42.3 cm³/mol. The van der Waals surface area contributed by atoms with Crippen molar-refractivity contribution >= 4 is 0 Å². The number of hydrogen-bond acceptors (Lipinski definition) is 1. The summed E-state index contributed by atoms with van der Waals surface area (Å²) in [7, 11) is 0. The summed E-state index contributed by atoms with van der Waals surface area (Å²) in [5, 5.41) is 0. The lowest BCUT2D eigenvalue weighted by Gasteiger charge is -2.01. The van der Waals surface area contributed by atoms with E-state index in [9.17, 15) is 0 Å². The van der Waals surface area contributed by atoms with Crippen molar-refractivity contribution in [2.75, 3.05) is 0 Å². The quantitative estimate of drug-likeness (QED) is 0.575. The SMILES string of the molecule is CC/C=C/CC(N)CC. The van der Waals surface area contributed by atoms with Gasteiger partial charge in [0, 0.05) is 6.04 Å². The van der Waals surface area contributed by atoms with E-state index in [1.54, 1.807) is 0 Å². The third-order valence-corrected chi connectivity index (χ3v) is 1.37. The molecule has 1 atom stereocenters. The van der Waals surface area contributed by atoms with Gasteiger partial charge in [-0.15, -0.1) is 0 Å². The van der Waals surface area contributed by atoms with Crippen LogP contribution in [0.1, 0.15) is 33.1 Å².